The van der Waals surface area contributed by atoms with Crippen LogP contribution in [0.1, 0.15) is 77.9 Å². The molecule has 2 aliphatic rings. The lowest BCUT2D eigenvalue weighted by molar-refractivity contribution is -0.144. The van der Waals surface area contributed by atoms with Crippen LogP contribution in [0.15, 0.2) is 29.0 Å². The van der Waals surface area contributed by atoms with Gasteiger partial charge in [0.25, 0.3) is 11.8 Å². The Morgan fingerprint density at radius 3 is 2.23 bits per heavy atom. The van der Waals surface area contributed by atoms with Crippen molar-refractivity contribution in [2.75, 3.05) is 6.54 Å². The number of carbonyl (C=O) groups excluding carboxylic acids is 6. The summed E-state index contributed by atoms with van der Waals surface area (Å²) in [5, 5.41) is 7.97. The zero-order valence-electron chi connectivity index (χ0n) is 25.8. The number of nitrogens with zero attached hydrogens (tertiary/aromatic N) is 2. The van der Waals surface area contributed by atoms with E-state index in [1.807, 2.05) is 13.8 Å². The second-order valence-corrected chi connectivity index (χ2v) is 13.0. The monoisotopic (exact) mass is 600 g/mol. The Bertz CT molecular complexity index is 1250. The Hall–Kier alpha value is -4.03. The van der Waals surface area contributed by atoms with Crippen molar-refractivity contribution in [3.05, 3.63) is 30.5 Å². The second kappa shape index (κ2) is 13.5. The van der Waals surface area contributed by atoms with E-state index in [-0.39, 0.29) is 30.2 Å². The van der Waals surface area contributed by atoms with Gasteiger partial charge in [0.2, 0.25) is 23.4 Å². The largest absolute Gasteiger partial charge is 0.442 e. The van der Waals surface area contributed by atoms with Gasteiger partial charge in [-0.05, 0) is 42.9 Å². The number of hydrogen-bond donors (Lipinski definition) is 4. The van der Waals surface area contributed by atoms with E-state index in [1.165, 1.54) is 17.4 Å². The first-order valence-corrected chi connectivity index (χ1v) is 14.6. The number of likely N-dealkylation sites (tertiary alicyclic amines) is 1. The fraction of sp³-hybridized carbons (Fsp3) is 0.633. The van der Waals surface area contributed by atoms with Gasteiger partial charge in [-0.3, -0.25) is 24.0 Å². The van der Waals surface area contributed by atoms with Crippen LogP contribution in [0.2, 0.25) is 0 Å². The number of urea groups is 1. The number of Topliss-reactive ketones (excluding diaryl/α,β-unsaturated/α-hetero) is 2. The lowest BCUT2D eigenvalue weighted by atomic mass is 9.84. The fourth-order valence-corrected chi connectivity index (χ4v) is 5.44. The molecule has 1 saturated heterocycles. The number of rotatable bonds is 13. The van der Waals surface area contributed by atoms with Crippen LogP contribution in [0.25, 0.3) is 0 Å². The van der Waals surface area contributed by atoms with Crippen molar-refractivity contribution in [3.63, 3.8) is 0 Å². The maximum Gasteiger partial charge on any atom is 0.316 e. The minimum Gasteiger partial charge on any atom is -0.442 e. The van der Waals surface area contributed by atoms with E-state index in [1.54, 1.807) is 27.7 Å². The van der Waals surface area contributed by atoms with E-state index >= 15 is 0 Å². The minimum atomic E-state index is -1.16. The Balaban J connectivity index is 1.83. The van der Waals surface area contributed by atoms with Gasteiger partial charge in [0, 0.05) is 6.54 Å². The van der Waals surface area contributed by atoms with E-state index in [0.29, 0.717) is 18.4 Å². The first-order chi connectivity index (χ1) is 20.0. The highest BCUT2D eigenvalue weighted by Gasteiger charge is 2.48. The maximum absolute atomic E-state index is 14.1. The third kappa shape index (κ3) is 8.29. The predicted octanol–water partition coefficient (Wildman–Crippen LogP) is 1.73. The van der Waals surface area contributed by atoms with Gasteiger partial charge < -0.3 is 31.0 Å². The molecular formula is C30H44N6O7. The van der Waals surface area contributed by atoms with Gasteiger partial charge in [0.1, 0.15) is 24.4 Å². The van der Waals surface area contributed by atoms with Crippen LogP contribution in [-0.4, -0.2) is 75.9 Å². The molecule has 0 radical (unpaired) electrons. The Morgan fingerprint density at radius 2 is 1.74 bits per heavy atom. The average molecular weight is 601 g/mol. The molecule has 5 N–H and O–H groups in total. The molecule has 1 aromatic rings. The molecule has 0 spiro atoms. The minimum absolute atomic E-state index is 0.0177. The van der Waals surface area contributed by atoms with Gasteiger partial charge in [-0.25, -0.2) is 9.78 Å². The van der Waals surface area contributed by atoms with Crippen LogP contribution in [0.3, 0.4) is 0 Å². The van der Waals surface area contributed by atoms with E-state index in [2.05, 4.69) is 27.5 Å². The highest BCUT2D eigenvalue weighted by molar-refractivity contribution is 6.37. The first kappa shape index (κ1) is 33.5. The normalized spacial score (nSPS) is 20.6. The van der Waals surface area contributed by atoms with E-state index < -0.39 is 64.9 Å². The number of amides is 5. The van der Waals surface area contributed by atoms with E-state index in [0.717, 1.165) is 12.8 Å². The van der Waals surface area contributed by atoms with Gasteiger partial charge in [0.05, 0.1) is 12.2 Å². The molecule has 13 heteroatoms. The lowest BCUT2D eigenvalue weighted by Gasteiger charge is -2.37. The fourth-order valence-electron chi connectivity index (χ4n) is 5.44. The van der Waals surface area contributed by atoms with Crippen molar-refractivity contribution >= 4 is 35.3 Å². The van der Waals surface area contributed by atoms with Gasteiger partial charge in [-0.2, -0.15) is 0 Å². The smallest absolute Gasteiger partial charge is 0.316 e. The summed E-state index contributed by atoms with van der Waals surface area (Å²) in [5.74, 6) is -3.80. The Kier molecular flexibility index (Phi) is 10.5. The summed E-state index contributed by atoms with van der Waals surface area (Å²) >= 11 is 0. The first-order valence-electron chi connectivity index (χ1n) is 14.6. The summed E-state index contributed by atoms with van der Waals surface area (Å²) in [6.07, 6.45) is 5.19. The number of oxazole rings is 1. The van der Waals surface area contributed by atoms with Crippen molar-refractivity contribution in [2.45, 2.75) is 91.4 Å². The standard InChI is InChI=1S/C30H44N6O7/c1-15(2)18-10-12-36(21(18)26(40)33-19(14-17-8-9-17)22(37)25(31)39)28(41)24(30(5,6)7)35-29(42)34-20(16(3)4)23(38)27-32-11-13-43-27/h11,13,15,17-21,24H,3,8-10,12,14H2,1-2,4-7H3,(H2,31,39)(H,33,40)(H2,34,35,42)/t18-,19?,20+,21+,24-/m1/s1. The summed E-state index contributed by atoms with van der Waals surface area (Å²) in [4.78, 5) is 83.4. The van der Waals surface area contributed by atoms with Crippen molar-refractivity contribution in [1.82, 2.24) is 25.8 Å². The number of hydrogen-bond acceptors (Lipinski definition) is 8. The molecule has 5 atom stereocenters. The van der Waals surface area contributed by atoms with Gasteiger partial charge in [-0.15, -0.1) is 0 Å². The molecule has 2 heterocycles. The summed E-state index contributed by atoms with van der Waals surface area (Å²) in [5.41, 5.74) is 4.79. The second-order valence-electron chi connectivity index (χ2n) is 13.0. The van der Waals surface area contributed by atoms with E-state index in [4.69, 9.17) is 10.2 Å². The molecule has 43 heavy (non-hydrogen) atoms. The molecule has 5 amide bonds. The van der Waals surface area contributed by atoms with Crippen LogP contribution >= 0.6 is 0 Å². The molecule has 1 aromatic heterocycles. The van der Waals surface area contributed by atoms with Crippen molar-refractivity contribution in [2.24, 2.45) is 28.9 Å². The zero-order valence-corrected chi connectivity index (χ0v) is 25.8. The Labute approximate surface area is 251 Å². The molecule has 1 unspecified atom stereocenters. The summed E-state index contributed by atoms with van der Waals surface area (Å²) < 4.78 is 5.07. The van der Waals surface area contributed by atoms with Crippen LogP contribution < -0.4 is 21.7 Å². The molecule has 0 aromatic carbocycles. The highest BCUT2D eigenvalue weighted by atomic mass is 16.3. The third-order valence-electron chi connectivity index (χ3n) is 8.06. The van der Waals surface area contributed by atoms with Crippen LogP contribution in [0.5, 0.6) is 0 Å². The van der Waals surface area contributed by atoms with Gasteiger partial charge in [0.15, 0.2) is 0 Å². The van der Waals surface area contributed by atoms with Gasteiger partial charge in [-0.1, -0.05) is 59.6 Å². The van der Waals surface area contributed by atoms with Gasteiger partial charge >= 0.3 is 6.03 Å². The predicted molar refractivity (Wildman–Crippen MR) is 156 cm³/mol. The summed E-state index contributed by atoms with van der Waals surface area (Å²) in [6.45, 7) is 14.8. The molecule has 0 bridgehead atoms. The summed E-state index contributed by atoms with van der Waals surface area (Å²) in [7, 11) is 0. The molecule has 13 nitrogen and oxygen atoms in total. The number of aromatic nitrogens is 1. The van der Waals surface area contributed by atoms with Crippen LogP contribution in [-0.2, 0) is 19.2 Å². The Morgan fingerprint density at radius 1 is 1.09 bits per heavy atom. The maximum atomic E-state index is 14.1. The molecule has 1 saturated carbocycles. The molecule has 236 valence electrons. The van der Waals surface area contributed by atoms with Crippen LogP contribution in [0.4, 0.5) is 4.79 Å². The topological polar surface area (TPSA) is 194 Å². The zero-order chi connectivity index (χ0) is 32.2. The van der Waals surface area contributed by atoms with Crippen LogP contribution in [0, 0.1) is 23.2 Å². The van der Waals surface area contributed by atoms with Crippen molar-refractivity contribution in [3.8, 4) is 0 Å². The molecular weight excluding hydrogens is 556 g/mol. The molecule has 2 fully saturated rings. The van der Waals surface area contributed by atoms with E-state index in [9.17, 15) is 28.8 Å². The quantitative estimate of drug-likeness (QED) is 0.149. The number of primary amides is 1. The highest BCUT2D eigenvalue weighted by Crippen LogP contribution is 2.35. The molecule has 3 rings (SSSR count). The molecule has 1 aliphatic heterocycles. The lowest BCUT2D eigenvalue weighted by Crippen LogP contribution is -2.61. The van der Waals surface area contributed by atoms with Crippen molar-refractivity contribution < 1.29 is 33.2 Å². The number of carbonyl (C=O) groups is 6. The number of nitrogens with two attached hydrogens (primary N) is 1. The number of ketones is 2. The average Bonchev–Trinajstić information content (AvgIpc) is 3.37. The SMILES string of the molecule is C=C(C)[C@H](NC(=O)N[C@H](C(=O)N1CC[C@H](C(C)C)[C@H]1C(=O)NC(CC1CC1)C(=O)C(N)=O)C(C)(C)C)C(=O)c1ncco1. The number of nitrogens with one attached hydrogen (secondary N) is 3. The third-order valence-corrected chi connectivity index (χ3v) is 8.06. The van der Waals surface area contributed by atoms with Crippen molar-refractivity contribution in [1.29, 1.82) is 0 Å². The summed E-state index contributed by atoms with van der Waals surface area (Å²) in [6, 6.07) is -5.04. The molecule has 1 aliphatic carbocycles.